The number of amides is 1. The molecule has 1 rings (SSSR count). The highest BCUT2D eigenvalue weighted by atomic mass is 16.5. The van der Waals surface area contributed by atoms with Gasteiger partial charge in [-0.15, -0.1) is 6.42 Å². The monoisotopic (exact) mass is 254 g/mol. The average Bonchev–Trinajstić information content (AvgIpc) is 2.37. The van der Waals surface area contributed by atoms with Gasteiger partial charge in [-0.1, -0.05) is 5.92 Å². The zero-order chi connectivity index (χ0) is 13.4. The van der Waals surface area contributed by atoms with Gasteiger partial charge in [0.2, 0.25) is 5.91 Å². The van der Waals surface area contributed by atoms with Crippen LogP contribution in [0.25, 0.3) is 0 Å². The molecule has 1 aliphatic heterocycles. The molecule has 0 unspecified atom stereocenters. The number of hydrogen-bond acceptors (Lipinski definition) is 4. The Morgan fingerprint density at radius 1 is 1.44 bits per heavy atom. The van der Waals surface area contributed by atoms with Crippen molar-refractivity contribution < 1.29 is 19.4 Å². The van der Waals surface area contributed by atoms with Gasteiger partial charge < -0.3 is 14.7 Å². The Morgan fingerprint density at radius 2 is 2.11 bits per heavy atom. The summed E-state index contributed by atoms with van der Waals surface area (Å²) in [5.74, 6) is 1.45. The van der Waals surface area contributed by atoms with Crippen molar-refractivity contribution in [2.24, 2.45) is 0 Å². The maximum atomic E-state index is 11.7. The van der Waals surface area contributed by atoms with E-state index in [0.29, 0.717) is 32.5 Å². The van der Waals surface area contributed by atoms with E-state index in [1.807, 2.05) is 0 Å². The van der Waals surface area contributed by atoms with Gasteiger partial charge in [-0.05, 0) is 12.8 Å². The van der Waals surface area contributed by atoms with Crippen LogP contribution in [-0.4, -0.2) is 60.8 Å². The molecule has 0 bridgehead atoms. The van der Waals surface area contributed by atoms with Crippen LogP contribution in [0.2, 0.25) is 0 Å². The third-order valence-corrected chi connectivity index (χ3v) is 2.74. The smallest absolute Gasteiger partial charge is 0.329 e. The molecular weight excluding hydrogens is 236 g/mol. The van der Waals surface area contributed by atoms with Gasteiger partial charge in [0, 0.05) is 13.1 Å². The molecule has 0 aromatic heterocycles. The maximum absolute atomic E-state index is 11.7. The van der Waals surface area contributed by atoms with E-state index in [0.717, 1.165) is 0 Å². The van der Waals surface area contributed by atoms with E-state index in [4.69, 9.17) is 16.3 Å². The molecule has 1 fully saturated rings. The topological polar surface area (TPSA) is 78.9 Å². The number of aliphatic carboxylic acids is 1. The minimum atomic E-state index is -0.966. The zero-order valence-electron chi connectivity index (χ0n) is 10.2. The summed E-state index contributed by atoms with van der Waals surface area (Å²) in [4.78, 5) is 23.8. The maximum Gasteiger partial charge on any atom is 0.329 e. The second-order valence-corrected chi connectivity index (χ2v) is 4.09. The normalized spacial score (nSPS) is 16.3. The summed E-state index contributed by atoms with van der Waals surface area (Å²) in [6.45, 7) is 1.54. The van der Waals surface area contributed by atoms with Crippen LogP contribution in [-0.2, 0) is 14.3 Å². The molecule has 0 radical (unpaired) electrons. The van der Waals surface area contributed by atoms with Crippen molar-refractivity contribution >= 4 is 11.9 Å². The first-order valence-electron chi connectivity index (χ1n) is 5.89. The Balaban J connectivity index is 2.20. The number of nitrogens with zero attached hydrogens (tertiary/aromatic N) is 1. The first kappa shape index (κ1) is 14.5. The van der Waals surface area contributed by atoms with E-state index < -0.39 is 5.97 Å². The molecule has 1 amide bonds. The molecule has 6 nitrogen and oxygen atoms in total. The van der Waals surface area contributed by atoms with E-state index in [-0.39, 0.29) is 25.2 Å². The fraction of sp³-hybridized carbons (Fsp3) is 0.667. The van der Waals surface area contributed by atoms with Gasteiger partial charge in [-0.2, -0.15) is 0 Å². The predicted octanol–water partition coefficient (Wildman–Crippen LogP) is -0.699. The SMILES string of the molecule is C#CCNCC(=O)N1CCC(OCC(=O)O)CC1. The zero-order valence-corrected chi connectivity index (χ0v) is 10.2. The molecule has 0 aromatic carbocycles. The van der Waals surface area contributed by atoms with Crippen molar-refractivity contribution in [3.8, 4) is 12.3 Å². The van der Waals surface area contributed by atoms with Crippen LogP contribution in [0.15, 0.2) is 0 Å². The van der Waals surface area contributed by atoms with Crippen LogP contribution in [0.4, 0.5) is 0 Å². The van der Waals surface area contributed by atoms with E-state index in [2.05, 4.69) is 11.2 Å². The summed E-state index contributed by atoms with van der Waals surface area (Å²) >= 11 is 0. The standard InChI is InChI=1S/C12H18N2O4/c1-2-5-13-8-11(15)14-6-3-10(4-7-14)18-9-12(16)17/h1,10,13H,3-9H2,(H,16,17). The number of hydrogen-bond donors (Lipinski definition) is 2. The summed E-state index contributed by atoms with van der Waals surface area (Å²) in [7, 11) is 0. The third kappa shape index (κ3) is 5.17. The Labute approximate surface area is 106 Å². The van der Waals surface area contributed by atoms with Crippen molar-refractivity contribution in [2.75, 3.05) is 32.8 Å². The molecule has 18 heavy (non-hydrogen) atoms. The number of nitrogens with one attached hydrogen (secondary N) is 1. The molecule has 1 saturated heterocycles. The van der Waals surface area contributed by atoms with Crippen LogP contribution in [0.5, 0.6) is 0 Å². The van der Waals surface area contributed by atoms with Crippen LogP contribution in [0.3, 0.4) is 0 Å². The second kappa shape index (κ2) is 7.69. The molecule has 0 spiro atoms. The van der Waals surface area contributed by atoms with Gasteiger partial charge in [0.15, 0.2) is 0 Å². The van der Waals surface area contributed by atoms with E-state index in [1.54, 1.807) is 4.90 Å². The Hall–Kier alpha value is -1.58. The summed E-state index contributed by atoms with van der Waals surface area (Å²) < 4.78 is 5.19. The Bertz CT molecular complexity index is 329. The van der Waals surface area contributed by atoms with Crippen molar-refractivity contribution in [3.05, 3.63) is 0 Å². The molecule has 6 heteroatoms. The number of carbonyl (C=O) groups excluding carboxylic acids is 1. The highest BCUT2D eigenvalue weighted by Crippen LogP contribution is 2.13. The van der Waals surface area contributed by atoms with Crippen LogP contribution < -0.4 is 5.32 Å². The number of carboxylic acid groups (broad SMARTS) is 1. The van der Waals surface area contributed by atoms with Crippen LogP contribution >= 0.6 is 0 Å². The summed E-state index contributed by atoms with van der Waals surface area (Å²) in [5.41, 5.74) is 0. The number of rotatable bonds is 6. The number of likely N-dealkylation sites (tertiary alicyclic amines) is 1. The van der Waals surface area contributed by atoms with Gasteiger partial charge in [0.25, 0.3) is 0 Å². The lowest BCUT2D eigenvalue weighted by Crippen LogP contribution is -2.44. The van der Waals surface area contributed by atoms with Crippen molar-refractivity contribution in [1.29, 1.82) is 0 Å². The fourth-order valence-electron chi connectivity index (χ4n) is 1.81. The van der Waals surface area contributed by atoms with Crippen molar-refractivity contribution in [2.45, 2.75) is 18.9 Å². The average molecular weight is 254 g/mol. The lowest BCUT2D eigenvalue weighted by atomic mass is 10.1. The highest BCUT2D eigenvalue weighted by Gasteiger charge is 2.23. The minimum Gasteiger partial charge on any atom is -0.480 e. The lowest BCUT2D eigenvalue weighted by Gasteiger charge is -2.31. The molecule has 2 N–H and O–H groups in total. The van der Waals surface area contributed by atoms with Gasteiger partial charge >= 0.3 is 5.97 Å². The molecular formula is C12H18N2O4. The molecule has 0 saturated carbocycles. The van der Waals surface area contributed by atoms with E-state index in [1.165, 1.54) is 0 Å². The molecule has 0 aromatic rings. The van der Waals surface area contributed by atoms with Crippen molar-refractivity contribution in [3.63, 3.8) is 0 Å². The summed E-state index contributed by atoms with van der Waals surface area (Å²) in [5, 5.41) is 11.3. The Kier molecular flexibility index (Phi) is 6.19. The Morgan fingerprint density at radius 3 is 2.67 bits per heavy atom. The van der Waals surface area contributed by atoms with Crippen LogP contribution in [0.1, 0.15) is 12.8 Å². The minimum absolute atomic E-state index is 0.0157. The molecule has 1 heterocycles. The van der Waals surface area contributed by atoms with E-state index >= 15 is 0 Å². The summed E-state index contributed by atoms with van der Waals surface area (Å²) in [6.07, 6.45) is 6.35. The quantitative estimate of drug-likeness (QED) is 0.484. The van der Waals surface area contributed by atoms with Gasteiger partial charge in [-0.25, -0.2) is 4.79 Å². The van der Waals surface area contributed by atoms with Crippen LogP contribution in [0, 0.1) is 12.3 Å². The predicted molar refractivity (Wildman–Crippen MR) is 64.9 cm³/mol. The first-order chi connectivity index (χ1) is 8.63. The van der Waals surface area contributed by atoms with Crippen molar-refractivity contribution in [1.82, 2.24) is 10.2 Å². The first-order valence-corrected chi connectivity index (χ1v) is 5.89. The van der Waals surface area contributed by atoms with Gasteiger partial charge in [0.1, 0.15) is 6.61 Å². The fourth-order valence-corrected chi connectivity index (χ4v) is 1.81. The number of piperidine rings is 1. The second-order valence-electron chi connectivity index (χ2n) is 4.09. The molecule has 0 aliphatic carbocycles. The third-order valence-electron chi connectivity index (χ3n) is 2.74. The lowest BCUT2D eigenvalue weighted by molar-refractivity contribution is -0.146. The number of ether oxygens (including phenoxy) is 1. The van der Waals surface area contributed by atoms with Gasteiger partial charge in [-0.3, -0.25) is 10.1 Å². The largest absolute Gasteiger partial charge is 0.480 e. The highest BCUT2D eigenvalue weighted by molar-refractivity contribution is 5.78. The molecule has 1 aliphatic rings. The summed E-state index contributed by atoms with van der Waals surface area (Å²) in [6, 6.07) is 0. The number of carbonyl (C=O) groups is 2. The molecule has 100 valence electrons. The van der Waals surface area contributed by atoms with Gasteiger partial charge in [0.05, 0.1) is 19.2 Å². The number of terminal acetylenes is 1. The molecule has 0 atom stereocenters. The number of carboxylic acids is 1. The van der Waals surface area contributed by atoms with E-state index in [9.17, 15) is 9.59 Å².